The zero-order valence-corrected chi connectivity index (χ0v) is 13.8. The molecule has 4 nitrogen and oxygen atoms in total. The average molecular weight is 337 g/mol. The van der Waals surface area contributed by atoms with Crippen molar-refractivity contribution in [1.29, 1.82) is 0 Å². The number of rotatable bonds is 2. The summed E-state index contributed by atoms with van der Waals surface area (Å²) in [7, 11) is -3.63. The molecule has 3 rings (SSSR count). The van der Waals surface area contributed by atoms with Crippen LogP contribution in [0.3, 0.4) is 0 Å². The third-order valence-corrected chi connectivity index (χ3v) is 6.02. The lowest BCUT2D eigenvalue weighted by molar-refractivity contribution is 0.586. The fourth-order valence-electron chi connectivity index (χ4n) is 2.75. The van der Waals surface area contributed by atoms with E-state index >= 15 is 0 Å². The molecule has 22 heavy (non-hydrogen) atoms. The van der Waals surface area contributed by atoms with Gasteiger partial charge in [0.05, 0.1) is 21.3 Å². The molecule has 0 aliphatic carbocycles. The van der Waals surface area contributed by atoms with E-state index in [0.29, 0.717) is 11.6 Å². The number of hydrogen-bond acceptors (Lipinski definition) is 3. The van der Waals surface area contributed by atoms with E-state index in [1.54, 1.807) is 0 Å². The quantitative estimate of drug-likeness (QED) is 0.855. The number of anilines is 2. The first-order valence-electron chi connectivity index (χ1n) is 7.07. The van der Waals surface area contributed by atoms with Gasteiger partial charge in [0, 0.05) is 6.54 Å². The Hall–Kier alpha value is -1.72. The van der Waals surface area contributed by atoms with Crippen LogP contribution in [0.4, 0.5) is 11.4 Å². The van der Waals surface area contributed by atoms with E-state index in [2.05, 4.69) is 0 Å². The van der Waals surface area contributed by atoms with Gasteiger partial charge in [0.15, 0.2) is 0 Å². The molecule has 1 aliphatic rings. The van der Waals surface area contributed by atoms with Gasteiger partial charge in [-0.1, -0.05) is 29.3 Å². The van der Waals surface area contributed by atoms with Gasteiger partial charge >= 0.3 is 0 Å². The molecule has 0 saturated carbocycles. The summed E-state index contributed by atoms with van der Waals surface area (Å²) >= 11 is 5.88. The Kier molecular flexibility index (Phi) is 3.78. The Bertz CT molecular complexity index is 834. The Labute approximate surface area is 135 Å². The predicted molar refractivity (Wildman–Crippen MR) is 89.9 cm³/mol. The summed E-state index contributed by atoms with van der Waals surface area (Å²) in [5, 5.41) is 0.355. The molecule has 6 heteroatoms. The summed E-state index contributed by atoms with van der Waals surface area (Å²) in [5.74, 6) is 0. The zero-order valence-electron chi connectivity index (χ0n) is 12.2. The highest BCUT2D eigenvalue weighted by atomic mass is 35.5. The lowest BCUT2D eigenvalue weighted by atomic mass is 10.0. The van der Waals surface area contributed by atoms with Gasteiger partial charge in [0.25, 0.3) is 10.0 Å². The first kappa shape index (κ1) is 15.2. The van der Waals surface area contributed by atoms with Gasteiger partial charge in [-0.25, -0.2) is 8.42 Å². The van der Waals surface area contributed by atoms with E-state index in [-0.39, 0.29) is 10.6 Å². The number of fused-ring (bicyclic) bond motifs is 1. The first-order chi connectivity index (χ1) is 10.4. The number of nitrogens with two attached hydrogens (primary N) is 1. The maximum absolute atomic E-state index is 12.9. The van der Waals surface area contributed by atoms with Crippen molar-refractivity contribution < 1.29 is 8.42 Å². The highest BCUT2D eigenvalue weighted by Crippen LogP contribution is 2.33. The largest absolute Gasteiger partial charge is 0.397 e. The summed E-state index contributed by atoms with van der Waals surface area (Å²) in [6.07, 6.45) is 1.70. The standard InChI is InChI=1S/C16H17ClN2O2S/c1-11-4-7-16-12(9-11)3-2-8-19(16)22(20,21)13-5-6-14(17)15(18)10-13/h4-7,9-10H,2-3,8,18H2,1H3. The summed E-state index contributed by atoms with van der Waals surface area (Å²) in [6, 6.07) is 10.3. The van der Waals surface area contributed by atoms with E-state index in [4.69, 9.17) is 17.3 Å². The Morgan fingerprint density at radius 1 is 1.18 bits per heavy atom. The van der Waals surface area contributed by atoms with Crippen LogP contribution in [-0.4, -0.2) is 15.0 Å². The molecular formula is C16H17ClN2O2S. The molecule has 1 heterocycles. The van der Waals surface area contributed by atoms with E-state index in [0.717, 1.165) is 29.7 Å². The molecule has 116 valence electrons. The number of nitrogens with zero attached hydrogens (tertiary/aromatic N) is 1. The van der Waals surface area contributed by atoms with Crippen molar-refractivity contribution in [3.8, 4) is 0 Å². The van der Waals surface area contributed by atoms with Crippen molar-refractivity contribution in [2.45, 2.75) is 24.7 Å². The number of hydrogen-bond donors (Lipinski definition) is 1. The van der Waals surface area contributed by atoms with Gasteiger partial charge < -0.3 is 5.73 Å². The number of aryl methyl sites for hydroxylation is 2. The van der Waals surface area contributed by atoms with E-state index in [1.807, 2.05) is 25.1 Å². The fraction of sp³-hybridized carbons (Fsp3) is 0.250. The maximum Gasteiger partial charge on any atom is 0.264 e. The van der Waals surface area contributed by atoms with Crippen LogP contribution >= 0.6 is 11.6 Å². The van der Waals surface area contributed by atoms with Gasteiger partial charge in [-0.3, -0.25) is 4.31 Å². The van der Waals surface area contributed by atoms with Crippen molar-refractivity contribution in [3.05, 3.63) is 52.5 Å². The van der Waals surface area contributed by atoms with Crippen molar-refractivity contribution in [2.24, 2.45) is 0 Å². The Morgan fingerprint density at radius 3 is 2.68 bits per heavy atom. The van der Waals surface area contributed by atoms with Crippen LogP contribution in [0.1, 0.15) is 17.5 Å². The van der Waals surface area contributed by atoms with Crippen LogP contribution < -0.4 is 10.0 Å². The predicted octanol–water partition coefficient (Wildman–Crippen LogP) is 3.37. The molecule has 0 radical (unpaired) electrons. The molecule has 0 saturated heterocycles. The van der Waals surface area contributed by atoms with Gasteiger partial charge in [0.1, 0.15) is 0 Å². The van der Waals surface area contributed by atoms with Crippen molar-refractivity contribution in [2.75, 3.05) is 16.6 Å². The van der Waals surface area contributed by atoms with Crippen LogP contribution in [0, 0.1) is 6.92 Å². The number of nitrogen functional groups attached to an aromatic ring is 1. The van der Waals surface area contributed by atoms with E-state index in [1.165, 1.54) is 22.5 Å². The highest BCUT2D eigenvalue weighted by Gasteiger charge is 2.29. The Morgan fingerprint density at radius 2 is 1.95 bits per heavy atom. The third kappa shape index (κ3) is 2.55. The maximum atomic E-state index is 12.9. The minimum atomic E-state index is -3.63. The smallest absolute Gasteiger partial charge is 0.264 e. The monoisotopic (exact) mass is 336 g/mol. The normalized spacial score (nSPS) is 14.7. The molecule has 0 bridgehead atoms. The van der Waals surface area contributed by atoms with E-state index < -0.39 is 10.0 Å². The van der Waals surface area contributed by atoms with E-state index in [9.17, 15) is 8.42 Å². The summed E-state index contributed by atoms with van der Waals surface area (Å²) in [5.41, 5.74) is 8.97. The van der Waals surface area contributed by atoms with Crippen LogP contribution in [0.5, 0.6) is 0 Å². The summed E-state index contributed by atoms with van der Waals surface area (Å²) < 4.78 is 27.3. The SMILES string of the molecule is Cc1ccc2c(c1)CCCN2S(=O)(=O)c1ccc(Cl)c(N)c1. The van der Waals surface area contributed by atoms with Crippen LogP contribution in [0.15, 0.2) is 41.3 Å². The molecule has 0 aromatic heterocycles. The molecule has 2 N–H and O–H groups in total. The molecular weight excluding hydrogens is 320 g/mol. The van der Waals surface area contributed by atoms with Gasteiger partial charge in [-0.2, -0.15) is 0 Å². The third-order valence-electron chi connectivity index (χ3n) is 3.87. The highest BCUT2D eigenvalue weighted by molar-refractivity contribution is 7.92. The molecule has 2 aromatic rings. The number of sulfonamides is 1. The Balaban J connectivity index is 2.09. The first-order valence-corrected chi connectivity index (χ1v) is 8.89. The molecule has 0 amide bonds. The van der Waals surface area contributed by atoms with Crippen LogP contribution in [0.2, 0.25) is 5.02 Å². The molecule has 0 fully saturated rings. The second-order valence-electron chi connectivity index (χ2n) is 5.50. The average Bonchev–Trinajstić information content (AvgIpc) is 2.49. The summed E-state index contributed by atoms with van der Waals surface area (Å²) in [4.78, 5) is 0.169. The van der Waals surface area contributed by atoms with Gasteiger partial charge in [-0.15, -0.1) is 0 Å². The fourth-order valence-corrected chi connectivity index (χ4v) is 4.45. The summed E-state index contributed by atoms with van der Waals surface area (Å²) in [6.45, 7) is 2.48. The number of halogens is 1. The van der Waals surface area contributed by atoms with Crippen molar-refractivity contribution in [3.63, 3.8) is 0 Å². The molecule has 1 aliphatic heterocycles. The van der Waals surface area contributed by atoms with Crippen molar-refractivity contribution in [1.82, 2.24) is 0 Å². The number of benzene rings is 2. The second-order valence-corrected chi connectivity index (χ2v) is 7.77. The lowest BCUT2D eigenvalue weighted by Gasteiger charge is -2.30. The lowest BCUT2D eigenvalue weighted by Crippen LogP contribution is -2.35. The molecule has 2 aromatic carbocycles. The van der Waals surface area contributed by atoms with Gasteiger partial charge in [0.2, 0.25) is 0 Å². The van der Waals surface area contributed by atoms with Crippen molar-refractivity contribution >= 4 is 33.0 Å². The molecule has 0 atom stereocenters. The zero-order chi connectivity index (χ0) is 15.9. The minimum absolute atomic E-state index is 0.169. The molecule has 0 unspecified atom stereocenters. The van der Waals surface area contributed by atoms with Gasteiger partial charge in [-0.05, 0) is 49.6 Å². The molecule has 0 spiro atoms. The minimum Gasteiger partial charge on any atom is -0.397 e. The second kappa shape index (κ2) is 5.48. The topological polar surface area (TPSA) is 63.4 Å². The van der Waals surface area contributed by atoms with Crippen LogP contribution in [-0.2, 0) is 16.4 Å². The van der Waals surface area contributed by atoms with Crippen LogP contribution in [0.25, 0.3) is 0 Å².